The van der Waals surface area contributed by atoms with Crippen LogP contribution in [0.2, 0.25) is 0 Å². The number of aliphatic hydroxyl groups excluding tert-OH is 1. The summed E-state index contributed by atoms with van der Waals surface area (Å²) in [6, 6.07) is 3.48. The van der Waals surface area contributed by atoms with Crippen LogP contribution in [0.25, 0.3) is 0 Å². The first-order chi connectivity index (χ1) is 11.5. The predicted molar refractivity (Wildman–Crippen MR) is 86.8 cm³/mol. The quantitative estimate of drug-likeness (QED) is 0.872. The lowest BCUT2D eigenvalue weighted by Crippen LogP contribution is -2.50. The number of piperazine rings is 1. The second kappa shape index (κ2) is 7.44. The summed E-state index contributed by atoms with van der Waals surface area (Å²) >= 11 is 0. The lowest BCUT2D eigenvalue weighted by atomic mass is 10.2. The second-order valence-electron chi connectivity index (χ2n) is 6.48. The van der Waals surface area contributed by atoms with Crippen LogP contribution in [0.15, 0.2) is 18.2 Å². The Morgan fingerprint density at radius 1 is 1.08 bits per heavy atom. The number of halogens is 2. The molecule has 1 N–H and O–H groups in total. The number of β-amino-alcohol motifs (C(OH)–C–C–N with tert-alkyl or cyclic N) is 1. The van der Waals surface area contributed by atoms with Crippen molar-refractivity contribution in [3.8, 4) is 0 Å². The molecule has 1 aromatic rings. The fourth-order valence-corrected chi connectivity index (χ4v) is 3.41. The van der Waals surface area contributed by atoms with Crippen molar-refractivity contribution in [1.82, 2.24) is 9.80 Å². The number of carbonyl (C=O) groups is 1. The van der Waals surface area contributed by atoms with Gasteiger partial charge in [-0.05, 0) is 18.6 Å². The van der Waals surface area contributed by atoms with E-state index in [1.54, 1.807) is 4.90 Å². The topological polar surface area (TPSA) is 47.0 Å². The third kappa shape index (κ3) is 4.02. The molecule has 5 nitrogen and oxygen atoms in total. The number of anilines is 1. The number of rotatable bonds is 5. The van der Waals surface area contributed by atoms with E-state index in [1.807, 2.05) is 4.90 Å². The van der Waals surface area contributed by atoms with Gasteiger partial charge in [0.2, 0.25) is 5.91 Å². The highest BCUT2D eigenvalue weighted by atomic mass is 19.1. The Labute approximate surface area is 140 Å². The monoisotopic (exact) mass is 339 g/mol. The fourth-order valence-electron chi connectivity index (χ4n) is 3.41. The Bertz CT molecular complexity index is 591. The largest absolute Gasteiger partial charge is 0.390 e. The van der Waals surface area contributed by atoms with Crippen LogP contribution in [0.4, 0.5) is 14.5 Å². The summed E-state index contributed by atoms with van der Waals surface area (Å²) in [5, 5.41) is 10.2. The van der Waals surface area contributed by atoms with E-state index in [0.29, 0.717) is 45.7 Å². The molecule has 1 amide bonds. The van der Waals surface area contributed by atoms with Crippen molar-refractivity contribution in [1.29, 1.82) is 0 Å². The molecule has 24 heavy (non-hydrogen) atoms. The zero-order valence-corrected chi connectivity index (χ0v) is 13.6. The number of aliphatic hydroxyl groups is 1. The van der Waals surface area contributed by atoms with E-state index < -0.39 is 17.7 Å². The van der Waals surface area contributed by atoms with Crippen LogP contribution in [-0.2, 0) is 4.79 Å². The molecule has 1 aromatic carbocycles. The van der Waals surface area contributed by atoms with E-state index in [9.17, 15) is 18.7 Å². The summed E-state index contributed by atoms with van der Waals surface area (Å²) in [6.07, 6.45) is 0.859. The van der Waals surface area contributed by atoms with Gasteiger partial charge in [0.15, 0.2) is 0 Å². The van der Waals surface area contributed by atoms with Gasteiger partial charge in [0.05, 0.1) is 11.8 Å². The summed E-state index contributed by atoms with van der Waals surface area (Å²) in [6.45, 7) is 4.08. The summed E-state index contributed by atoms with van der Waals surface area (Å²) in [5.74, 6) is -0.752. The number of carbonyl (C=O) groups excluding carboxylic acids is 1. The number of likely N-dealkylation sites (tertiary alicyclic amines) is 1. The first-order valence-electron chi connectivity index (χ1n) is 8.41. The van der Waals surface area contributed by atoms with Crippen LogP contribution >= 0.6 is 0 Å². The lowest BCUT2D eigenvalue weighted by Gasteiger charge is -2.37. The normalized spacial score (nSPS) is 20.7. The Morgan fingerprint density at radius 3 is 2.50 bits per heavy atom. The van der Waals surface area contributed by atoms with Crippen LogP contribution in [0, 0.1) is 11.6 Å². The number of hydrogen-bond acceptors (Lipinski definition) is 4. The molecule has 2 fully saturated rings. The highest BCUT2D eigenvalue weighted by Gasteiger charge is 2.25. The number of benzene rings is 1. The number of amides is 1. The molecule has 7 heteroatoms. The molecule has 1 unspecified atom stereocenters. The van der Waals surface area contributed by atoms with Crippen LogP contribution in [0.5, 0.6) is 0 Å². The van der Waals surface area contributed by atoms with Gasteiger partial charge in [0, 0.05) is 58.3 Å². The molecule has 0 bridgehead atoms. The molecule has 2 aliphatic heterocycles. The average Bonchev–Trinajstić information content (AvgIpc) is 2.95. The molecular formula is C17H23F2N3O2. The molecule has 0 saturated carbocycles. The van der Waals surface area contributed by atoms with E-state index in [4.69, 9.17) is 0 Å². The highest BCUT2D eigenvalue weighted by Crippen LogP contribution is 2.22. The van der Waals surface area contributed by atoms with E-state index in [-0.39, 0.29) is 11.6 Å². The predicted octanol–water partition coefficient (Wildman–Crippen LogP) is 1.07. The fraction of sp³-hybridized carbons (Fsp3) is 0.588. The zero-order valence-electron chi connectivity index (χ0n) is 13.6. The zero-order chi connectivity index (χ0) is 17.1. The molecule has 3 rings (SSSR count). The van der Waals surface area contributed by atoms with Crippen LogP contribution in [0.3, 0.4) is 0 Å². The smallest absolute Gasteiger partial charge is 0.222 e. The SMILES string of the molecule is O=C1CCCN1CC(O)CN1CCN(c2cc(F)ccc2F)CC1. The van der Waals surface area contributed by atoms with E-state index in [2.05, 4.69) is 4.90 Å². The molecule has 2 aliphatic rings. The maximum absolute atomic E-state index is 13.8. The molecule has 1 atom stereocenters. The minimum absolute atomic E-state index is 0.112. The van der Waals surface area contributed by atoms with Gasteiger partial charge in [0.1, 0.15) is 11.6 Å². The summed E-state index contributed by atoms with van der Waals surface area (Å²) in [7, 11) is 0. The van der Waals surface area contributed by atoms with Gasteiger partial charge in [-0.3, -0.25) is 9.69 Å². The Balaban J connectivity index is 1.48. The molecular weight excluding hydrogens is 316 g/mol. The third-order valence-electron chi connectivity index (χ3n) is 4.69. The van der Waals surface area contributed by atoms with Crippen molar-refractivity contribution >= 4 is 11.6 Å². The van der Waals surface area contributed by atoms with Crippen LogP contribution < -0.4 is 4.90 Å². The Kier molecular flexibility index (Phi) is 5.30. The molecule has 2 heterocycles. The van der Waals surface area contributed by atoms with Crippen molar-refractivity contribution < 1.29 is 18.7 Å². The summed E-state index contributed by atoms with van der Waals surface area (Å²) in [4.78, 5) is 17.2. The van der Waals surface area contributed by atoms with Crippen molar-refractivity contribution in [3.63, 3.8) is 0 Å². The van der Waals surface area contributed by atoms with Gasteiger partial charge in [-0.25, -0.2) is 8.78 Å². The van der Waals surface area contributed by atoms with Gasteiger partial charge in [-0.15, -0.1) is 0 Å². The van der Waals surface area contributed by atoms with Gasteiger partial charge >= 0.3 is 0 Å². The third-order valence-corrected chi connectivity index (χ3v) is 4.69. The number of nitrogens with zero attached hydrogens (tertiary/aromatic N) is 3. The second-order valence-corrected chi connectivity index (χ2v) is 6.48. The standard InChI is InChI=1S/C17H23F2N3O2/c18-13-3-4-15(19)16(10-13)21-8-6-20(7-9-21)11-14(23)12-22-5-1-2-17(22)24/h3-4,10,14,23H,1-2,5-9,11-12H2. The molecule has 2 saturated heterocycles. The first-order valence-corrected chi connectivity index (χ1v) is 8.41. The summed E-state index contributed by atoms with van der Waals surface area (Å²) in [5.41, 5.74) is 0.290. The maximum Gasteiger partial charge on any atom is 0.222 e. The van der Waals surface area contributed by atoms with E-state index in [1.165, 1.54) is 6.07 Å². The van der Waals surface area contributed by atoms with Gasteiger partial charge in [-0.1, -0.05) is 0 Å². The molecule has 0 aliphatic carbocycles. The van der Waals surface area contributed by atoms with Crippen LogP contribution in [-0.4, -0.2) is 72.7 Å². The molecule has 132 valence electrons. The van der Waals surface area contributed by atoms with Crippen molar-refractivity contribution in [2.75, 3.05) is 50.7 Å². The molecule has 0 radical (unpaired) electrons. The minimum atomic E-state index is -0.579. The average molecular weight is 339 g/mol. The van der Waals surface area contributed by atoms with Gasteiger partial charge < -0.3 is 14.9 Å². The first kappa shape index (κ1) is 17.1. The van der Waals surface area contributed by atoms with Crippen LogP contribution in [0.1, 0.15) is 12.8 Å². The van der Waals surface area contributed by atoms with E-state index in [0.717, 1.165) is 25.1 Å². The van der Waals surface area contributed by atoms with Gasteiger partial charge in [-0.2, -0.15) is 0 Å². The highest BCUT2D eigenvalue weighted by molar-refractivity contribution is 5.78. The lowest BCUT2D eigenvalue weighted by molar-refractivity contribution is -0.129. The maximum atomic E-state index is 13.8. The van der Waals surface area contributed by atoms with Gasteiger partial charge in [0.25, 0.3) is 0 Å². The van der Waals surface area contributed by atoms with Crippen molar-refractivity contribution in [3.05, 3.63) is 29.8 Å². The Hall–Kier alpha value is -1.73. The van der Waals surface area contributed by atoms with Crippen molar-refractivity contribution in [2.24, 2.45) is 0 Å². The van der Waals surface area contributed by atoms with Crippen molar-refractivity contribution in [2.45, 2.75) is 18.9 Å². The number of hydrogen-bond donors (Lipinski definition) is 1. The Morgan fingerprint density at radius 2 is 1.83 bits per heavy atom. The minimum Gasteiger partial charge on any atom is -0.390 e. The van der Waals surface area contributed by atoms with E-state index >= 15 is 0 Å². The molecule has 0 spiro atoms. The molecule has 0 aromatic heterocycles. The summed E-state index contributed by atoms with van der Waals surface area (Å²) < 4.78 is 27.1.